The molecule has 4 heteroatoms. The van der Waals surface area contributed by atoms with Crippen molar-refractivity contribution in [2.24, 2.45) is 0 Å². The van der Waals surface area contributed by atoms with Gasteiger partial charge in [0, 0.05) is 47.5 Å². The van der Waals surface area contributed by atoms with E-state index in [0.29, 0.717) is 5.95 Å². The lowest BCUT2D eigenvalue weighted by Crippen LogP contribution is -2.04. The molecule has 0 saturated heterocycles. The first kappa shape index (κ1) is 32.8. The van der Waals surface area contributed by atoms with E-state index >= 15 is 0 Å². The van der Waals surface area contributed by atoms with Crippen LogP contribution in [0.2, 0.25) is 0 Å². The third-order valence-electron chi connectivity index (χ3n) is 11.6. The van der Waals surface area contributed by atoms with Crippen LogP contribution in [-0.2, 0) is 0 Å². The second kappa shape index (κ2) is 13.1. The molecule has 3 aromatic heterocycles. The molecule has 9 aromatic carbocycles. The molecule has 0 fully saturated rings. The van der Waals surface area contributed by atoms with Gasteiger partial charge < -0.3 is 0 Å². The lowest BCUT2D eigenvalue weighted by atomic mass is 9.95. The largest absolute Gasteiger partial charge is 0.277 e. The molecule has 0 radical (unpaired) electrons. The number of para-hydroxylation sites is 2. The third kappa shape index (κ3) is 5.19. The first-order valence-electron chi connectivity index (χ1n) is 19.7. The van der Waals surface area contributed by atoms with Gasteiger partial charge in [-0.15, -0.1) is 11.3 Å². The fourth-order valence-corrected chi connectivity index (χ4v) is 9.99. The van der Waals surface area contributed by atoms with Crippen molar-refractivity contribution < 1.29 is 0 Å². The minimum absolute atomic E-state index is 0.652. The van der Waals surface area contributed by atoms with Gasteiger partial charge in [-0.1, -0.05) is 158 Å². The Balaban J connectivity index is 1.07. The molecule has 0 bridgehead atoms. The maximum atomic E-state index is 5.42. The van der Waals surface area contributed by atoms with Gasteiger partial charge in [0.25, 0.3) is 0 Å². The number of benzene rings is 9. The standard InChI is InChI=1S/C54H33N3S/c1-2-14-35(15-3-1)52-44-22-6-8-25-47(44)55-54(56-52)57-48-29-27-34-13-4-5-20-41(34)51(48)45-24-12-23-42(53(45)57)40-19-11-18-38(32-40)36-16-10-17-37(31-36)39-28-30-50-46(33-39)43-21-7-9-26-49(43)58-50/h1-33H. The summed E-state index contributed by atoms with van der Waals surface area (Å²) in [5.74, 6) is 0.652. The highest BCUT2D eigenvalue weighted by molar-refractivity contribution is 7.25. The van der Waals surface area contributed by atoms with Crippen LogP contribution in [0.5, 0.6) is 0 Å². The lowest BCUT2D eigenvalue weighted by molar-refractivity contribution is 1.01. The summed E-state index contributed by atoms with van der Waals surface area (Å²) in [5, 5.41) is 8.45. The SMILES string of the molecule is c1ccc(-c2nc(-n3c4ccc5ccccc5c4c4cccc(-c5cccc(-c6cccc(-c7ccc8sc9ccccc9c8c7)c6)c5)c43)nc3ccccc23)cc1. The maximum Gasteiger partial charge on any atom is 0.235 e. The molecule has 3 nitrogen and oxygen atoms in total. The summed E-state index contributed by atoms with van der Waals surface area (Å²) in [5.41, 5.74) is 12.1. The van der Waals surface area contributed by atoms with E-state index in [1.165, 1.54) is 64.0 Å². The van der Waals surface area contributed by atoms with Crippen LogP contribution in [0, 0.1) is 0 Å². The second-order valence-electron chi connectivity index (χ2n) is 14.9. The predicted molar refractivity (Wildman–Crippen MR) is 246 cm³/mol. The summed E-state index contributed by atoms with van der Waals surface area (Å²) < 4.78 is 4.94. The van der Waals surface area contributed by atoms with Crippen molar-refractivity contribution in [3.63, 3.8) is 0 Å². The van der Waals surface area contributed by atoms with E-state index in [1.807, 2.05) is 17.4 Å². The maximum absolute atomic E-state index is 5.42. The number of hydrogen-bond acceptors (Lipinski definition) is 3. The van der Waals surface area contributed by atoms with Crippen LogP contribution in [0.15, 0.2) is 200 Å². The molecule has 58 heavy (non-hydrogen) atoms. The fourth-order valence-electron chi connectivity index (χ4n) is 8.91. The average molecular weight is 756 g/mol. The monoisotopic (exact) mass is 755 g/mol. The van der Waals surface area contributed by atoms with E-state index in [-0.39, 0.29) is 0 Å². The summed E-state index contributed by atoms with van der Waals surface area (Å²) in [6.45, 7) is 0. The molecule has 0 N–H and O–H groups in total. The molecule has 0 aliphatic carbocycles. The van der Waals surface area contributed by atoms with Gasteiger partial charge in [0.05, 0.1) is 22.2 Å². The molecule has 270 valence electrons. The van der Waals surface area contributed by atoms with E-state index in [0.717, 1.165) is 44.3 Å². The number of fused-ring (bicyclic) bond motifs is 9. The highest BCUT2D eigenvalue weighted by atomic mass is 32.1. The zero-order valence-electron chi connectivity index (χ0n) is 31.3. The first-order valence-corrected chi connectivity index (χ1v) is 20.5. The Morgan fingerprint density at radius 1 is 0.379 bits per heavy atom. The highest BCUT2D eigenvalue weighted by Crippen LogP contribution is 2.43. The lowest BCUT2D eigenvalue weighted by Gasteiger charge is -2.14. The normalized spacial score (nSPS) is 11.8. The Bertz CT molecular complexity index is 3580. The number of rotatable bonds is 5. The molecule has 0 saturated carbocycles. The van der Waals surface area contributed by atoms with Gasteiger partial charge in [0.1, 0.15) is 0 Å². The van der Waals surface area contributed by atoms with Crippen LogP contribution >= 0.6 is 11.3 Å². The van der Waals surface area contributed by atoms with Gasteiger partial charge in [-0.25, -0.2) is 9.97 Å². The molecule has 0 aliphatic rings. The molecule has 0 aliphatic heterocycles. The molecule has 12 aromatic rings. The fraction of sp³-hybridized carbons (Fsp3) is 0. The van der Waals surface area contributed by atoms with Crippen LogP contribution in [0.25, 0.3) is 114 Å². The van der Waals surface area contributed by atoms with Gasteiger partial charge in [-0.05, 0) is 81.1 Å². The zero-order valence-corrected chi connectivity index (χ0v) is 32.1. The Labute approximate surface area is 338 Å². The molecule has 0 atom stereocenters. The van der Waals surface area contributed by atoms with Crippen molar-refractivity contribution in [3.8, 4) is 50.6 Å². The summed E-state index contributed by atoms with van der Waals surface area (Å²) in [4.78, 5) is 10.7. The molecule has 12 rings (SSSR count). The van der Waals surface area contributed by atoms with E-state index in [2.05, 4.69) is 199 Å². The summed E-state index contributed by atoms with van der Waals surface area (Å²) in [7, 11) is 0. The summed E-state index contributed by atoms with van der Waals surface area (Å²) >= 11 is 1.86. The van der Waals surface area contributed by atoms with Crippen molar-refractivity contribution in [1.29, 1.82) is 0 Å². The summed E-state index contributed by atoms with van der Waals surface area (Å²) in [6.07, 6.45) is 0. The zero-order chi connectivity index (χ0) is 38.2. The van der Waals surface area contributed by atoms with Crippen molar-refractivity contribution in [3.05, 3.63) is 200 Å². The highest BCUT2D eigenvalue weighted by Gasteiger charge is 2.22. The minimum Gasteiger partial charge on any atom is -0.277 e. The molecule has 0 spiro atoms. The Kier molecular flexibility index (Phi) is 7.40. The van der Waals surface area contributed by atoms with E-state index in [1.54, 1.807) is 0 Å². The third-order valence-corrected chi connectivity index (χ3v) is 12.7. The average Bonchev–Trinajstić information content (AvgIpc) is 3.85. The first-order chi connectivity index (χ1) is 28.7. The van der Waals surface area contributed by atoms with Crippen molar-refractivity contribution in [1.82, 2.24) is 14.5 Å². The van der Waals surface area contributed by atoms with Crippen LogP contribution in [0.1, 0.15) is 0 Å². The topological polar surface area (TPSA) is 30.7 Å². The van der Waals surface area contributed by atoms with Crippen LogP contribution in [-0.4, -0.2) is 14.5 Å². The van der Waals surface area contributed by atoms with Crippen molar-refractivity contribution >= 4 is 75.0 Å². The minimum atomic E-state index is 0.652. The van der Waals surface area contributed by atoms with Gasteiger partial charge in [-0.3, -0.25) is 4.57 Å². The quantitative estimate of drug-likeness (QED) is 0.175. The number of nitrogens with zero attached hydrogens (tertiary/aromatic N) is 3. The van der Waals surface area contributed by atoms with E-state index in [9.17, 15) is 0 Å². The summed E-state index contributed by atoms with van der Waals surface area (Å²) in [6, 6.07) is 72.1. The molecule has 0 unspecified atom stereocenters. The predicted octanol–water partition coefficient (Wildman–Crippen LogP) is 14.9. The Morgan fingerprint density at radius 2 is 1.00 bits per heavy atom. The second-order valence-corrected chi connectivity index (χ2v) is 16.0. The Hall–Kier alpha value is -7.40. The van der Waals surface area contributed by atoms with E-state index in [4.69, 9.17) is 9.97 Å². The van der Waals surface area contributed by atoms with Gasteiger partial charge in [0.2, 0.25) is 5.95 Å². The van der Waals surface area contributed by atoms with Crippen LogP contribution < -0.4 is 0 Å². The smallest absolute Gasteiger partial charge is 0.235 e. The number of hydrogen-bond donors (Lipinski definition) is 0. The van der Waals surface area contributed by atoms with Crippen molar-refractivity contribution in [2.75, 3.05) is 0 Å². The van der Waals surface area contributed by atoms with Gasteiger partial charge in [0.15, 0.2) is 0 Å². The molecular weight excluding hydrogens is 723 g/mol. The van der Waals surface area contributed by atoms with Crippen LogP contribution in [0.3, 0.4) is 0 Å². The van der Waals surface area contributed by atoms with Crippen molar-refractivity contribution in [2.45, 2.75) is 0 Å². The van der Waals surface area contributed by atoms with Gasteiger partial charge in [-0.2, -0.15) is 0 Å². The number of thiophene rings is 1. The molecule has 3 heterocycles. The van der Waals surface area contributed by atoms with Crippen LogP contribution in [0.4, 0.5) is 0 Å². The Morgan fingerprint density at radius 3 is 1.84 bits per heavy atom. The molecular formula is C54H33N3S. The van der Waals surface area contributed by atoms with Gasteiger partial charge >= 0.3 is 0 Å². The van der Waals surface area contributed by atoms with E-state index < -0.39 is 0 Å². The number of aromatic nitrogens is 3. The molecule has 0 amide bonds.